The lowest BCUT2D eigenvalue weighted by Crippen LogP contribution is -2.49. The number of carbonyl (C=O) groups is 1. The van der Waals surface area contributed by atoms with Crippen molar-refractivity contribution in [2.75, 3.05) is 36.8 Å². The van der Waals surface area contributed by atoms with E-state index in [9.17, 15) is 4.79 Å². The molecule has 2 aromatic rings. The summed E-state index contributed by atoms with van der Waals surface area (Å²) in [5.41, 5.74) is 6.70. The molecule has 3 heterocycles. The normalized spacial score (nSPS) is 15.7. The quantitative estimate of drug-likeness (QED) is 0.868. The van der Waals surface area contributed by atoms with Crippen molar-refractivity contribution < 1.29 is 4.79 Å². The maximum Gasteiger partial charge on any atom is 0.274 e. The van der Waals surface area contributed by atoms with Gasteiger partial charge in [-0.25, -0.2) is 4.98 Å². The molecule has 0 unspecified atom stereocenters. The molecule has 0 aromatic carbocycles. The minimum Gasteiger partial charge on any atom is -0.396 e. The van der Waals surface area contributed by atoms with E-state index in [1.165, 1.54) is 10.9 Å². The lowest BCUT2D eigenvalue weighted by atomic mass is 10.2. The molecule has 7 nitrogen and oxygen atoms in total. The van der Waals surface area contributed by atoms with Gasteiger partial charge in [0.15, 0.2) is 5.13 Å². The zero-order chi connectivity index (χ0) is 14.1. The summed E-state index contributed by atoms with van der Waals surface area (Å²) >= 11 is 1.62. The summed E-state index contributed by atoms with van der Waals surface area (Å²) in [4.78, 5) is 20.8. The van der Waals surface area contributed by atoms with Crippen LogP contribution < -0.4 is 10.6 Å². The number of nitrogens with two attached hydrogens (primary N) is 1. The third-order valence-corrected chi connectivity index (χ3v) is 4.26. The number of thiazole rings is 1. The van der Waals surface area contributed by atoms with Crippen LogP contribution in [0.25, 0.3) is 0 Å². The van der Waals surface area contributed by atoms with Crippen molar-refractivity contribution in [3.63, 3.8) is 0 Å². The first kappa shape index (κ1) is 12.9. The third-order valence-electron chi connectivity index (χ3n) is 3.43. The second-order valence-electron chi connectivity index (χ2n) is 4.67. The predicted molar refractivity (Wildman–Crippen MR) is 77.9 cm³/mol. The van der Waals surface area contributed by atoms with E-state index in [1.807, 2.05) is 10.3 Å². The van der Waals surface area contributed by atoms with Gasteiger partial charge < -0.3 is 15.5 Å². The van der Waals surface area contributed by atoms with Crippen molar-refractivity contribution in [3.05, 3.63) is 23.5 Å². The van der Waals surface area contributed by atoms with E-state index in [0.29, 0.717) is 24.5 Å². The maximum atomic E-state index is 12.4. The molecule has 1 saturated heterocycles. The first-order valence-corrected chi connectivity index (χ1v) is 7.26. The Bertz CT molecular complexity index is 580. The van der Waals surface area contributed by atoms with Crippen molar-refractivity contribution in [1.29, 1.82) is 0 Å². The van der Waals surface area contributed by atoms with E-state index in [0.717, 1.165) is 18.2 Å². The zero-order valence-electron chi connectivity index (χ0n) is 11.2. The summed E-state index contributed by atoms with van der Waals surface area (Å²) in [6.45, 7) is 2.92. The van der Waals surface area contributed by atoms with Crippen LogP contribution in [0, 0.1) is 0 Å². The molecule has 20 heavy (non-hydrogen) atoms. The second kappa shape index (κ2) is 5.12. The fourth-order valence-corrected chi connectivity index (χ4v) is 3.04. The smallest absolute Gasteiger partial charge is 0.274 e. The highest BCUT2D eigenvalue weighted by Gasteiger charge is 2.26. The lowest BCUT2D eigenvalue weighted by molar-refractivity contribution is 0.0737. The van der Waals surface area contributed by atoms with Crippen LogP contribution >= 0.6 is 11.3 Å². The minimum absolute atomic E-state index is 0.0544. The van der Waals surface area contributed by atoms with Crippen LogP contribution in [0.3, 0.4) is 0 Å². The number of piperazine rings is 1. The number of aromatic nitrogens is 3. The lowest BCUT2D eigenvalue weighted by Gasteiger charge is -2.34. The van der Waals surface area contributed by atoms with Gasteiger partial charge in [-0.15, -0.1) is 11.3 Å². The number of nitrogen functional groups attached to an aromatic ring is 1. The topological polar surface area (TPSA) is 80.3 Å². The molecule has 0 spiro atoms. The highest BCUT2D eigenvalue weighted by Crippen LogP contribution is 2.20. The molecular formula is C12H16N6OS. The van der Waals surface area contributed by atoms with Gasteiger partial charge >= 0.3 is 0 Å². The summed E-state index contributed by atoms with van der Waals surface area (Å²) in [7, 11) is 1.73. The van der Waals surface area contributed by atoms with Gasteiger partial charge in [0.25, 0.3) is 5.91 Å². The highest BCUT2D eigenvalue weighted by molar-refractivity contribution is 7.13. The SMILES string of the molecule is Cn1ncc(N)c1C(=O)N1CCN(c2nccs2)CC1. The summed E-state index contributed by atoms with van der Waals surface area (Å²) in [5.74, 6) is -0.0544. The van der Waals surface area contributed by atoms with Crippen LogP contribution in [0.4, 0.5) is 10.8 Å². The third kappa shape index (κ3) is 2.22. The number of carbonyl (C=O) groups excluding carboxylic acids is 1. The molecule has 1 amide bonds. The van der Waals surface area contributed by atoms with Crippen LogP contribution in [0.15, 0.2) is 17.8 Å². The first-order valence-electron chi connectivity index (χ1n) is 6.38. The molecule has 1 fully saturated rings. The zero-order valence-corrected chi connectivity index (χ0v) is 12.0. The van der Waals surface area contributed by atoms with Gasteiger partial charge in [0, 0.05) is 44.8 Å². The van der Waals surface area contributed by atoms with Crippen LogP contribution in [-0.4, -0.2) is 51.8 Å². The molecular weight excluding hydrogens is 276 g/mol. The van der Waals surface area contributed by atoms with Gasteiger partial charge in [-0.3, -0.25) is 9.48 Å². The molecule has 106 valence electrons. The van der Waals surface area contributed by atoms with Crippen molar-refractivity contribution in [2.45, 2.75) is 0 Å². The highest BCUT2D eigenvalue weighted by atomic mass is 32.1. The second-order valence-corrected chi connectivity index (χ2v) is 5.54. The van der Waals surface area contributed by atoms with Gasteiger partial charge in [0.05, 0.1) is 11.9 Å². The van der Waals surface area contributed by atoms with Gasteiger partial charge in [-0.1, -0.05) is 0 Å². The number of nitrogens with zero attached hydrogens (tertiary/aromatic N) is 5. The van der Waals surface area contributed by atoms with Gasteiger partial charge in [-0.05, 0) is 0 Å². The summed E-state index contributed by atoms with van der Waals surface area (Å²) in [6, 6.07) is 0. The molecule has 1 aliphatic heterocycles. The van der Waals surface area contributed by atoms with Crippen LogP contribution in [0.1, 0.15) is 10.5 Å². The molecule has 2 aromatic heterocycles. The Hall–Kier alpha value is -2.09. The number of aryl methyl sites for hydroxylation is 1. The number of hydrogen-bond acceptors (Lipinski definition) is 6. The van der Waals surface area contributed by atoms with Crippen LogP contribution in [-0.2, 0) is 7.05 Å². The summed E-state index contributed by atoms with van der Waals surface area (Å²) < 4.78 is 1.53. The van der Waals surface area contributed by atoms with E-state index < -0.39 is 0 Å². The molecule has 1 aliphatic rings. The molecule has 0 atom stereocenters. The largest absolute Gasteiger partial charge is 0.396 e. The molecule has 0 bridgehead atoms. The molecule has 0 aliphatic carbocycles. The Morgan fingerprint density at radius 2 is 2.10 bits per heavy atom. The standard InChI is InChI=1S/C12H16N6OS/c1-16-10(9(13)8-15-16)11(19)17-3-5-18(6-4-17)12-14-2-7-20-12/h2,7-8H,3-6,13H2,1H3. The van der Waals surface area contributed by atoms with Crippen molar-refractivity contribution >= 4 is 28.1 Å². The Morgan fingerprint density at radius 1 is 1.35 bits per heavy atom. The Kier molecular flexibility index (Phi) is 3.31. The van der Waals surface area contributed by atoms with Gasteiger partial charge in [-0.2, -0.15) is 5.10 Å². The monoisotopic (exact) mass is 292 g/mol. The van der Waals surface area contributed by atoms with E-state index >= 15 is 0 Å². The van der Waals surface area contributed by atoms with E-state index in [-0.39, 0.29) is 5.91 Å². The summed E-state index contributed by atoms with van der Waals surface area (Å²) in [5, 5.41) is 6.99. The minimum atomic E-state index is -0.0544. The average Bonchev–Trinajstić information content (AvgIpc) is 3.09. The maximum absolute atomic E-state index is 12.4. The van der Waals surface area contributed by atoms with Crippen molar-refractivity contribution in [1.82, 2.24) is 19.7 Å². The fourth-order valence-electron chi connectivity index (χ4n) is 2.34. The first-order chi connectivity index (χ1) is 9.66. The number of hydrogen-bond donors (Lipinski definition) is 1. The number of rotatable bonds is 2. The Balaban J connectivity index is 1.68. The van der Waals surface area contributed by atoms with E-state index in [2.05, 4.69) is 15.0 Å². The number of amides is 1. The van der Waals surface area contributed by atoms with Crippen LogP contribution in [0.5, 0.6) is 0 Å². The van der Waals surface area contributed by atoms with E-state index in [4.69, 9.17) is 5.73 Å². The average molecular weight is 292 g/mol. The Labute approximate surface area is 120 Å². The number of anilines is 2. The van der Waals surface area contributed by atoms with Crippen LogP contribution in [0.2, 0.25) is 0 Å². The molecule has 2 N–H and O–H groups in total. The predicted octanol–water partition coefficient (Wildman–Crippen LogP) is 0.421. The summed E-state index contributed by atoms with van der Waals surface area (Å²) in [6.07, 6.45) is 3.31. The fraction of sp³-hybridized carbons (Fsp3) is 0.417. The van der Waals surface area contributed by atoms with Crippen molar-refractivity contribution in [3.8, 4) is 0 Å². The van der Waals surface area contributed by atoms with E-state index in [1.54, 1.807) is 24.6 Å². The Morgan fingerprint density at radius 3 is 2.65 bits per heavy atom. The molecule has 8 heteroatoms. The molecule has 0 saturated carbocycles. The molecule has 3 rings (SSSR count). The van der Waals surface area contributed by atoms with Gasteiger partial charge in [0.1, 0.15) is 5.69 Å². The van der Waals surface area contributed by atoms with Crippen molar-refractivity contribution in [2.24, 2.45) is 7.05 Å². The molecule has 0 radical (unpaired) electrons. The van der Waals surface area contributed by atoms with Gasteiger partial charge in [0.2, 0.25) is 0 Å².